The van der Waals surface area contributed by atoms with Gasteiger partial charge in [0.2, 0.25) is 0 Å². The van der Waals surface area contributed by atoms with Crippen LogP contribution >= 0.6 is 23.4 Å². The maximum Gasteiger partial charge on any atom is 0.293 e. The molecular weight excluding hydrogens is 530 g/mol. The highest BCUT2D eigenvalue weighted by atomic mass is 35.5. The molecule has 5 rings (SSSR count). The van der Waals surface area contributed by atoms with Gasteiger partial charge in [-0.3, -0.25) is 14.5 Å². The van der Waals surface area contributed by atoms with Crippen molar-refractivity contribution in [2.24, 2.45) is 0 Å². The van der Waals surface area contributed by atoms with Gasteiger partial charge in [-0.05, 0) is 77.2 Å². The first-order valence-electron chi connectivity index (χ1n) is 12.9. The minimum Gasteiger partial charge on any atom is -0.490 e. The highest BCUT2D eigenvalue weighted by Crippen LogP contribution is 2.40. The molecule has 5 nitrogen and oxygen atoms in total. The summed E-state index contributed by atoms with van der Waals surface area (Å²) in [6.07, 6.45) is 3.19. The molecule has 4 aromatic rings. The molecule has 0 aromatic heterocycles. The second kappa shape index (κ2) is 12.4. The van der Waals surface area contributed by atoms with Crippen LogP contribution in [0, 0.1) is 0 Å². The van der Waals surface area contributed by atoms with E-state index in [0.717, 1.165) is 34.5 Å². The normalized spacial score (nSPS) is 14.4. The van der Waals surface area contributed by atoms with Crippen LogP contribution in [0.25, 0.3) is 16.8 Å². The summed E-state index contributed by atoms with van der Waals surface area (Å²) < 4.78 is 12.0. The summed E-state index contributed by atoms with van der Waals surface area (Å²) in [5, 5.41) is 2.37. The van der Waals surface area contributed by atoms with E-state index in [2.05, 4.69) is 18.2 Å². The maximum absolute atomic E-state index is 13.0. The fraction of sp³-hybridized carbons (Fsp3) is 0.188. The number of carbonyl (C=O) groups is 2. The molecule has 0 aliphatic carbocycles. The lowest BCUT2D eigenvalue weighted by atomic mass is 10.1. The monoisotopic (exact) mass is 557 g/mol. The number of amides is 2. The molecule has 2 amide bonds. The molecule has 0 N–H and O–H groups in total. The van der Waals surface area contributed by atoms with Gasteiger partial charge in [-0.1, -0.05) is 84.4 Å². The molecule has 0 bridgehead atoms. The van der Waals surface area contributed by atoms with Gasteiger partial charge >= 0.3 is 0 Å². The van der Waals surface area contributed by atoms with Crippen molar-refractivity contribution >= 4 is 51.4 Å². The van der Waals surface area contributed by atoms with E-state index in [4.69, 9.17) is 21.1 Å². The van der Waals surface area contributed by atoms with E-state index in [-0.39, 0.29) is 11.1 Å². The molecule has 1 aliphatic heterocycles. The Labute approximate surface area is 237 Å². The van der Waals surface area contributed by atoms with Crippen LogP contribution in [0.1, 0.15) is 30.0 Å². The van der Waals surface area contributed by atoms with E-state index in [9.17, 15) is 9.59 Å². The number of halogens is 1. The zero-order chi connectivity index (χ0) is 27.2. The average Bonchev–Trinajstić information content (AvgIpc) is 3.20. The van der Waals surface area contributed by atoms with Gasteiger partial charge in [0.15, 0.2) is 11.5 Å². The number of rotatable bonds is 10. The molecule has 198 valence electrons. The third-order valence-electron chi connectivity index (χ3n) is 6.44. The number of thioether (sulfide) groups is 1. The van der Waals surface area contributed by atoms with Crippen molar-refractivity contribution in [2.75, 3.05) is 13.2 Å². The van der Waals surface area contributed by atoms with Crippen LogP contribution in [-0.4, -0.2) is 29.2 Å². The Morgan fingerprint density at radius 1 is 0.923 bits per heavy atom. The summed E-state index contributed by atoms with van der Waals surface area (Å²) >= 11 is 7.60. The first-order valence-corrected chi connectivity index (χ1v) is 14.1. The Morgan fingerprint density at radius 3 is 2.51 bits per heavy atom. The summed E-state index contributed by atoms with van der Waals surface area (Å²) in [6.45, 7) is 3.00. The van der Waals surface area contributed by atoms with Gasteiger partial charge in [0.1, 0.15) is 6.61 Å². The number of hydrogen-bond acceptors (Lipinski definition) is 5. The third-order valence-corrected chi connectivity index (χ3v) is 7.63. The Hall–Kier alpha value is -3.74. The van der Waals surface area contributed by atoms with Gasteiger partial charge < -0.3 is 9.47 Å². The highest BCUT2D eigenvalue weighted by Gasteiger charge is 2.34. The molecule has 0 unspecified atom stereocenters. The molecule has 7 heteroatoms. The minimum absolute atomic E-state index is 0.259. The molecule has 0 spiro atoms. The quantitative estimate of drug-likeness (QED) is 0.184. The molecule has 1 saturated heterocycles. The molecule has 39 heavy (non-hydrogen) atoms. The van der Waals surface area contributed by atoms with Gasteiger partial charge in [-0.25, -0.2) is 0 Å². The smallest absolute Gasteiger partial charge is 0.293 e. The van der Waals surface area contributed by atoms with Crippen molar-refractivity contribution in [3.8, 4) is 11.5 Å². The first-order chi connectivity index (χ1) is 19.0. The lowest BCUT2D eigenvalue weighted by molar-refractivity contribution is -0.122. The fourth-order valence-electron chi connectivity index (χ4n) is 4.57. The summed E-state index contributed by atoms with van der Waals surface area (Å²) in [6, 6.07) is 27.8. The van der Waals surface area contributed by atoms with Crippen molar-refractivity contribution in [3.05, 3.63) is 112 Å². The van der Waals surface area contributed by atoms with Gasteiger partial charge in [0.25, 0.3) is 11.1 Å². The van der Waals surface area contributed by atoms with E-state index in [0.29, 0.717) is 53.2 Å². The number of nitrogens with zero attached hydrogens (tertiary/aromatic N) is 1. The van der Waals surface area contributed by atoms with Crippen LogP contribution in [0.15, 0.2) is 89.8 Å². The first kappa shape index (κ1) is 26.9. The number of aryl methyl sites for hydroxylation is 1. The lowest BCUT2D eigenvalue weighted by Crippen LogP contribution is -2.29. The van der Waals surface area contributed by atoms with Crippen molar-refractivity contribution in [1.82, 2.24) is 4.90 Å². The number of benzene rings is 4. The predicted octanol–water partition coefficient (Wildman–Crippen LogP) is 8.14. The molecule has 4 aromatic carbocycles. The van der Waals surface area contributed by atoms with Crippen LogP contribution in [0.4, 0.5) is 4.79 Å². The molecular formula is C32H28ClNO4S. The average molecular weight is 558 g/mol. The second-order valence-corrected chi connectivity index (χ2v) is 10.5. The minimum atomic E-state index is -0.288. The van der Waals surface area contributed by atoms with Crippen LogP contribution in [-0.2, 0) is 17.8 Å². The number of carbonyl (C=O) groups excluding carboxylic acids is 2. The molecule has 1 heterocycles. The number of ether oxygens (including phenoxy) is 2. The van der Waals surface area contributed by atoms with Crippen molar-refractivity contribution in [2.45, 2.75) is 26.4 Å². The second-order valence-electron chi connectivity index (χ2n) is 9.11. The number of fused-ring (bicyclic) bond motifs is 1. The fourth-order valence-corrected chi connectivity index (χ4v) is 5.71. The predicted molar refractivity (Wildman–Crippen MR) is 158 cm³/mol. The largest absolute Gasteiger partial charge is 0.490 e. The van der Waals surface area contributed by atoms with E-state index < -0.39 is 0 Å². The van der Waals surface area contributed by atoms with Gasteiger partial charge in [-0.2, -0.15) is 0 Å². The van der Waals surface area contributed by atoms with Crippen LogP contribution < -0.4 is 9.47 Å². The molecule has 1 fully saturated rings. The zero-order valence-electron chi connectivity index (χ0n) is 21.6. The Morgan fingerprint density at radius 2 is 1.69 bits per heavy atom. The standard InChI is InChI=1S/C32H28ClNO4S/c1-2-37-28-19-23(18-27(33)30(28)38-21-25-15-8-14-24-13-6-7-16-26(24)25)20-29-31(35)34(32(36)39-29)17-9-12-22-10-4-3-5-11-22/h3-8,10-11,13-16,18-20H,2,9,12,17,21H2,1H3/b29-20+. The number of hydrogen-bond donors (Lipinski definition) is 0. The van der Waals surface area contributed by atoms with Gasteiger partial charge in [0.05, 0.1) is 16.5 Å². The molecule has 0 saturated carbocycles. The van der Waals surface area contributed by atoms with Crippen molar-refractivity contribution in [3.63, 3.8) is 0 Å². The summed E-state index contributed by atoms with van der Waals surface area (Å²) in [4.78, 5) is 27.3. The van der Waals surface area contributed by atoms with Crippen molar-refractivity contribution in [1.29, 1.82) is 0 Å². The Kier molecular flexibility index (Phi) is 8.54. The highest BCUT2D eigenvalue weighted by molar-refractivity contribution is 8.18. The van der Waals surface area contributed by atoms with Gasteiger partial charge in [-0.15, -0.1) is 0 Å². The van der Waals surface area contributed by atoms with E-state index in [1.165, 1.54) is 10.5 Å². The topological polar surface area (TPSA) is 55.8 Å². The SMILES string of the molecule is CCOc1cc(/C=C2/SC(=O)N(CCCc3ccccc3)C2=O)cc(Cl)c1OCc1cccc2ccccc12. The Bertz CT molecular complexity index is 1530. The third kappa shape index (κ3) is 6.29. The summed E-state index contributed by atoms with van der Waals surface area (Å²) in [7, 11) is 0. The van der Waals surface area contributed by atoms with Crippen LogP contribution in [0.5, 0.6) is 11.5 Å². The van der Waals surface area contributed by atoms with E-state index >= 15 is 0 Å². The van der Waals surface area contributed by atoms with E-state index in [1.54, 1.807) is 18.2 Å². The number of imide groups is 1. The van der Waals surface area contributed by atoms with Crippen LogP contribution in [0.2, 0.25) is 5.02 Å². The molecule has 0 atom stereocenters. The zero-order valence-corrected chi connectivity index (χ0v) is 23.1. The Balaban J connectivity index is 1.31. The van der Waals surface area contributed by atoms with Crippen LogP contribution in [0.3, 0.4) is 0 Å². The van der Waals surface area contributed by atoms with Gasteiger partial charge in [0, 0.05) is 6.54 Å². The summed E-state index contributed by atoms with van der Waals surface area (Å²) in [5.41, 5.74) is 2.88. The van der Waals surface area contributed by atoms with Crippen molar-refractivity contribution < 1.29 is 19.1 Å². The molecule has 1 aliphatic rings. The maximum atomic E-state index is 13.0. The lowest BCUT2D eigenvalue weighted by Gasteiger charge is -2.15. The molecule has 0 radical (unpaired) electrons. The van der Waals surface area contributed by atoms with E-state index in [1.807, 2.05) is 61.5 Å². The summed E-state index contributed by atoms with van der Waals surface area (Å²) in [5.74, 6) is 0.639.